The summed E-state index contributed by atoms with van der Waals surface area (Å²) in [5.74, 6) is 0.124. The molecule has 1 aromatic rings. The molecule has 0 aliphatic carbocycles. The number of aromatic nitrogens is 1. The van der Waals surface area contributed by atoms with Gasteiger partial charge in [0.2, 0.25) is 0 Å². The molecule has 0 saturated carbocycles. The van der Waals surface area contributed by atoms with Crippen molar-refractivity contribution in [2.75, 3.05) is 25.0 Å². The van der Waals surface area contributed by atoms with Crippen LogP contribution in [-0.4, -0.2) is 42.1 Å². The fraction of sp³-hybridized carbons (Fsp3) is 0.571. The van der Waals surface area contributed by atoms with Crippen molar-refractivity contribution in [1.29, 1.82) is 5.26 Å². The first-order valence-corrected chi connectivity index (χ1v) is 6.69. The smallest absolute Gasteiger partial charge is 0.352 e. The summed E-state index contributed by atoms with van der Waals surface area (Å²) in [5.41, 5.74) is -0.789. The van der Waals surface area contributed by atoms with Crippen LogP contribution in [0.5, 0.6) is 0 Å². The summed E-state index contributed by atoms with van der Waals surface area (Å²) in [6, 6.07) is 4.33. The van der Waals surface area contributed by atoms with Crippen LogP contribution in [-0.2, 0) is 6.18 Å². The summed E-state index contributed by atoms with van der Waals surface area (Å²) in [6.45, 7) is 5.10. The Morgan fingerprint density at radius 3 is 2.29 bits per heavy atom. The molecular formula is C14H17F3N4. The summed E-state index contributed by atoms with van der Waals surface area (Å²) in [6.07, 6.45) is -4.51. The topological polar surface area (TPSA) is 43.2 Å². The van der Waals surface area contributed by atoms with Crippen LogP contribution in [0.25, 0.3) is 0 Å². The minimum atomic E-state index is -4.51. The van der Waals surface area contributed by atoms with Gasteiger partial charge < -0.3 is 4.90 Å². The molecule has 0 radical (unpaired) electrons. The Bertz CT molecular complexity index is 552. The Kier molecular flexibility index (Phi) is 4.10. The maximum absolute atomic E-state index is 12.8. The molecule has 0 N–H and O–H groups in total. The number of pyridine rings is 1. The van der Waals surface area contributed by atoms with Gasteiger partial charge in [0.25, 0.3) is 0 Å². The van der Waals surface area contributed by atoms with E-state index in [1.807, 2.05) is 27.0 Å². The molecule has 7 heteroatoms. The second-order valence-corrected chi connectivity index (χ2v) is 5.45. The molecule has 2 unspecified atom stereocenters. The second kappa shape index (κ2) is 5.53. The Morgan fingerprint density at radius 2 is 1.81 bits per heavy atom. The summed E-state index contributed by atoms with van der Waals surface area (Å²) in [5, 5.41) is 9.12. The van der Waals surface area contributed by atoms with Gasteiger partial charge in [-0.1, -0.05) is 0 Å². The Labute approximate surface area is 121 Å². The lowest BCUT2D eigenvalue weighted by Gasteiger charge is -2.43. The molecule has 2 atom stereocenters. The number of nitriles is 1. The van der Waals surface area contributed by atoms with Crippen molar-refractivity contribution in [3.05, 3.63) is 23.4 Å². The molecule has 0 amide bonds. The van der Waals surface area contributed by atoms with Crippen LogP contribution in [0.2, 0.25) is 0 Å². The van der Waals surface area contributed by atoms with E-state index < -0.39 is 11.9 Å². The number of likely N-dealkylation sites (N-methyl/N-ethyl adjacent to an activating group) is 1. The van der Waals surface area contributed by atoms with E-state index in [0.717, 1.165) is 6.07 Å². The molecule has 2 rings (SSSR count). The third kappa shape index (κ3) is 3.10. The summed E-state index contributed by atoms with van der Waals surface area (Å²) < 4.78 is 38.4. The van der Waals surface area contributed by atoms with Gasteiger partial charge in [-0.15, -0.1) is 0 Å². The molecule has 0 bridgehead atoms. The van der Waals surface area contributed by atoms with Crippen LogP contribution in [0.3, 0.4) is 0 Å². The molecule has 1 saturated heterocycles. The molecular weight excluding hydrogens is 281 g/mol. The van der Waals surface area contributed by atoms with Crippen molar-refractivity contribution < 1.29 is 13.2 Å². The first-order valence-electron chi connectivity index (χ1n) is 6.69. The number of piperazine rings is 1. The number of halogens is 3. The van der Waals surface area contributed by atoms with E-state index in [0.29, 0.717) is 13.1 Å². The van der Waals surface area contributed by atoms with E-state index in [9.17, 15) is 13.2 Å². The maximum atomic E-state index is 12.8. The predicted molar refractivity (Wildman–Crippen MR) is 72.9 cm³/mol. The standard InChI is InChI=1S/C14H17F3N4/c1-9-7-21(8-10(2)20(9)3)13-11(6-18)4-5-12(19-13)14(15,16)17/h4-5,9-10H,7-8H2,1-3H3. The van der Waals surface area contributed by atoms with Gasteiger partial charge in [0, 0.05) is 25.2 Å². The van der Waals surface area contributed by atoms with Gasteiger partial charge in [-0.2, -0.15) is 18.4 Å². The van der Waals surface area contributed by atoms with E-state index in [1.165, 1.54) is 6.07 Å². The van der Waals surface area contributed by atoms with Crippen LogP contribution in [0.15, 0.2) is 12.1 Å². The Hall–Kier alpha value is -1.81. The number of hydrogen-bond acceptors (Lipinski definition) is 4. The zero-order valence-electron chi connectivity index (χ0n) is 12.1. The van der Waals surface area contributed by atoms with Gasteiger partial charge in [-0.3, -0.25) is 4.90 Å². The lowest BCUT2D eigenvalue weighted by Crippen LogP contribution is -2.55. The van der Waals surface area contributed by atoms with Gasteiger partial charge in [0.1, 0.15) is 17.6 Å². The van der Waals surface area contributed by atoms with E-state index >= 15 is 0 Å². The van der Waals surface area contributed by atoms with Crippen molar-refractivity contribution in [1.82, 2.24) is 9.88 Å². The largest absolute Gasteiger partial charge is 0.433 e. The first-order chi connectivity index (χ1) is 9.74. The van der Waals surface area contributed by atoms with Crippen molar-refractivity contribution >= 4 is 5.82 Å². The van der Waals surface area contributed by atoms with E-state index in [1.54, 1.807) is 4.90 Å². The number of rotatable bonds is 1. The SMILES string of the molecule is CC1CN(c2nc(C(F)(F)F)ccc2C#N)CC(C)N1C. The minimum absolute atomic E-state index is 0.124. The Morgan fingerprint density at radius 1 is 1.24 bits per heavy atom. The van der Waals surface area contributed by atoms with Crippen LogP contribution in [0.1, 0.15) is 25.1 Å². The number of alkyl halides is 3. The van der Waals surface area contributed by atoms with Gasteiger partial charge in [0.05, 0.1) is 5.56 Å². The van der Waals surface area contributed by atoms with Crippen LogP contribution < -0.4 is 4.90 Å². The molecule has 4 nitrogen and oxygen atoms in total. The molecule has 21 heavy (non-hydrogen) atoms. The molecule has 2 heterocycles. The number of anilines is 1. The highest BCUT2D eigenvalue weighted by molar-refractivity contribution is 5.55. The van der Waals surface area contributed by atoms with E-state index in [4.69, 9.17) is 5.26 Å². The van der Waals surface area contributed by atoms with Crippen molar-refractivity contribution in [2.24, 2.45) is 0 Å². The van der Waals surface area contributed by atoms with E-state index in [2.05, 4.69) is 9.88 Å². The molecule has 1 aliphatic heterocycles. The van der Waals surface area contributed by atoms with Crippen LogP contribution in [0, 0.1) is 11.3 Å². The number of hydrogen-bond donors (Lipinski definition) is 0. The van der Waals surface area contributed by atoms with Gasteiger partial charge >= 0.3 is 6.18 Å². The summed E-state index contributed by atoms with van der Waals surface area (Å²) in [4.78, 5) is 7.62. The summed E-state index contributed by atoms with van der Waals surface area (Å²) in [7, 11) is 1.98. The normalized spacial score (nSPS) is 24.0. The van der Waals surface area contributed by atoms with Gasteiger partial charge in [-0.25, -0.2) is 4.98 Å². The zero-order valence-corrected chi connectivity index (χ0v) is 12.1. The summed E-state index contributed by atoms with van der Waals surface area (Å²) >= 11 is 0. The average molecular weight is 298 g/mol. The fourth-order valence-electron chi connectivity index (χ4n) is 2.51. The molecule has 1 aromatic heterocycles. The quantitative estimate of drug-likeness (QED) is 0.799. The van der Waals surface area contributed by atoms with Crippen molar-refractivity contribution in [3.63, 3.8) is 0 Å². The maximum Gasteiger partial charge on any atom is 0.433 e. The highest BCUT2D eigenvalue weighted by Gasteiger charge is 2.35. The van der Waals surface area contributed by atoms with Crippen LogP contribution >= 0.6 is 0 Å². The second-order valence-electron chi connectivity index (χ2n) is 5.45. The van der Waals surface area contributed by atoms with Crippen LogP contribution in [0.4, 0.5) is 19.0 Å². The lowest BCUT2D eigenvalue weighted by atomic mass is 10.1. The van der Waals surface area contributed by atoms with Gasteiger partial charge in [-0.05, 0) is 33.0 Å². The molecule has 1 fully saturated rings. The lowest BCUT2D eigenvalue weighted by molar-refractivity contribution is -0.141. The predicted octanol–water partition coefficient (Wildman–Crippen LogP) is 2.50. The third-order valence-electron chi connectivity index (χ3n) is 3.95. The highest BCUT2D eigenvalue weighted by atomic mass is 19.4. The molecule has 0 aromatic carbocycles. The molecule has 0 spiro atoms. The monoisotopic (exact) mass is 298 g/mol. The van der Waals surface area contributed by atoms with E-state index in [-0.39, 0.29) is 23.5 Å². The third-order valence-corrected chi connectivity index (χ3v) is 3.95. The minimum Gasteiger partial charge on any atom is -0.352 e. The number of nitrogens with zero attached hydrogens (tertiary/aromatic N) is 4. The van der Waals surface area contributed by atoms with Gasteiger partial charge in [0.15, 0.2) is 0 Å². The first kappa shape index (κ1) is 15.6. The zero-order chi connectivity index (χ0) is 15.8. The highest BCUT2D eigenvalue weighted by Crippen LogP contribution is 2.31. The molecule has 114 valence electrons. The van der Waals surface area contributed by atoms with Crippen molar-refractivity contribution in [2.45, 2.75) is 32.1 Å². The fourth-order valence-corrected chi connectivity index (χ4v) is 2.51. The van der Waals surface area contributed by atoms with Crippen molar-refractivity contribution in [3.8, 4) is 6.07 Å². The molecule has 1 aliphatic rings. The Balaban J connectivity index is 2.40. The average Bonchev–Trinajstić information content (AvgIpc) is 2.42.